The van der Waals surface area contributed by atoms with Crippen LogP contribution in [-0.4, -0.2) is 25.2 Å². The highest BCUT2D eigenvalue weighted by atomic mass is 32.2. The molecule has 6 heteroatoms. The third-order valence-corrected chi connectivity index (χ3v) is 7.05. The second-order valence-electron chi connectivity index (χ2n) is 6.77. The average Bonchev–Trinajstić information content (AvgIpc) is 3.12. The van der Waals surface area contributed by atoms with E-state index in [9.17, 15) is 18.3 Å². The van der Waals surface area contributed by atoms with Crippen molar-refractivity contribution in [2.45, 2.75) is 43.9 Å². The summed E-state index contributed by atoms with van der Waals surface area (Å²) in [4.78, 5) is 12.4. The molecule has 5 nitrogen and oxygen atoms in total. The molecule has 2 fully saturated rings. The minimum Gasteiger partial charge on any atom is -0.506 e. The first-order valence-electron chi connectivity index (χ1n) is 8.24. The number of anilines is 1. The van der Waals surface area contributed by atoms with Crippen molar-refractivity contribution < 1.29 is 18.3 Å². The average molecular weight is 337 g/mol. The quantitative estimate of drug-likeness (QED) is 0.809. The fourth-order valence-electron chi connectivity index (χ4n) is 4.04. The minimum atomic E-state index is -3.36. The lowest BCUT2D eigenvalue weighted by Gasteiger charge is -2.21. The molecule has 0 heterocycles. The Kier molecular flexibility index (Phi) is 4.36. The fourth-order valence-corrected chi connectivity index (χ4v) is 4.95. The fraction of sp³-hybridized carbons (Fsp3) is 0.588. The molecule has 1 aromatic carbocycles. The van der Waals surface area contributed by atoms with Crippen LogP contribution in [0.4, 0.5) is 5.69 Å². The standard InChI is InChI=1S/C17H23NO4S/c1-2-23(21,22)14-5-6-16(19)15(10-14)18-17(20)9-13-8-11-3-4-12(13)7-11/h5-6,10-13,19H,2-4,7-9H2,1H3,(H,18,20)/t11-,12+,13-/m0/s1. The molecule has 3 rings (SSSR count). The maximum absolute atomic E-state index is 12.3. The Morgan fingerprint density at radius 1 is 1.30 bits per heavy atom. The van der Waals surface area contributed by atoms with Gasteiger partial charge in [-0.2, -0.15) is 0 Å². The molecule has 0 spiro atoms. The Balaban J connectivity index is 1.69. The number of nitrogens with one attached hydrogen (secondary N) is 1. The molecule has 0 aromatic heterocycles. The van der Waals surface area contributed by atoms with Crippen molar-refractivity contribution >= 4 is 21.4 Å². The van der Waals surface area contributed by atoms with Crippen molar-refractivity contribution in [3.63, 3.8) is 0 Å². The van der Waals surface area contributed by atoms with Gasteiger partial charge in [0.1, 0.15) is 5.75 Å². The van der Waals surface area contributed by atoms with E-state index in [4.69, 9.17) is 0 Å². The van der Waals surface area contributed by atoms with Crippen LogP contribution in [0.5, 0.6) is 5.75 Å². The summed E-state index contributed by atoms with van der Waals surface area (Å²) < 4.78 is 23.8. The van der Waals surface area contributed by atoms with E-state index in [2.05, 4.69) is 5.32 Å². The number of aromatic hydroxyl groups is 1. The van der Waals surface area contributed by atoms with Crippen molar-refractivity contribution in [1.29, 1.82) is 0 Å². The maximum atomic E-state index is 12.3. The monoisotopic (exact) mass is 337 g/mol. The lowest BCUT2D eigenvalue weighted by Crippen LogP contribution is -2.20. The number of rotatable bonds is 5. The molecular formula is C17H23NO4S. The maximum Gasteiger partial charge on any atom is 0.224 e. The molecule has 0 aliphatic heterocycles. The van der Waals surface area contributed by atoms with Gasteiger partial charge in [0.05, 0.1) is 16.3 Å². The lowest BCUT2D eigenvalue weighted by molar-refractivity contribution is -0.117. The number of carbonyl (C=O) groups is 1. The van der Waals surface area contributed by atoms with Crippen LogP contribution in [0, 0.1) is 17.8 Å². The smallest absolute Gasteiger partial charge is 0.224 e. The summed E-state index contributed by atoms with van der Waals surface area (Å²) in [6.45, 7) is 1.57. The van der Waals surface area contributed by atoms with Gasteiger partial charge in [-0.25, -0.2) is 8.42 Å². The van der Waals surface area contributed by atoms with Crippen molar-refractivity contribution in [3.8, 4) is 5.75 Å². The van der Waals surface area contributed by atoms with Gasteiger partial charge < -0.3 is 10.4 Å². The van der Waals surface area contributed by atoms with Gasteiger partial charge in [0.15, 0.2) is 9.84 Å². The molecule has 23 heavy (non-hydrogen) atoms. The van der Waals surface area contributed by atoms with Crippen LogP contribution in [0.3, 0.4) is 0 Å². The molecule has 0 radical (unpaired) electrons. The highest BCUT2D eigenvalue weighted by Gasteiger charge is 2.40. The van der Waals surface area contributed by atoms with Crippen LogP contribution in [0.2, 0.25) is 0 Å². The summed E-state index contributed by atoms with van der Waals surface area (Å²) in [5.74, 6) is 1.59. The van der Waals surface area contributed by atoms with Gasteiger partial charge in [-0.05, 0) is 55.2 Å². The second-order valence-corrected chi connectivity index (χ2v) is 9.05. The number of hydrogen-bond donors (Lipinski definition) is 2. The topological polar surface area (TPSA) is 83.5 Å². The molecule has 126 valence electrons. The highest BCUT2D eigenvalue weighted by Crippen LogP contribution is 2.49. The Bertz CT molecular complexity index is 713. The molecule has 1 amide bonds. The summed E-state index contributed by atoms with van der Waals surface area (Å²) in [6, 6.07) is 4.02. The van der Waals surface area contributed by atoms with Gasteiger partial charge in [0.25, 0.3) is 0 Å². The van der Waals surface area contributed by atoms with Crippen molar-refractivity contribution in [1.82, 2.24) is 0 Å². The van der Waals surface area contributed by atoms with E-state index < -0.39 is 9.84 Å². The largest absolute Gasteiger partial charge is 0.506 e. The van der Waals surface area contributed by atoms with E-state index in [-0.39, 0.29) is 28.0 Å². The molecule has 2 N–H and O–H groups in total. The van der Waals surface area contributed by atoms with E-state index in [1.165, 1.54) is 37.5 Å². The summed E-state index contributed by atoms with van der Waals surface area (Å²) in [5, 5.41) is 12.6. The number of sulfone groups is 1. The Morgan fingerprint density at radius 2 is 2.09 bits per heavy atom. The van der Waals surface area contributed by atoms with Gasteiger partial charge in [0, 0.05) is 6.42 Å². The molecule has 2 bridgehead atoms. The minimum absolute atomic E-state index is 0.0176. The van der Waals surface area contributed by atoms with Gasteiger partial charge in [-0.15, -0.1) is 0 Å². The first-order valence-corrected chi connectivity index (χ1v) is 9.90. The summed E-state index contributed by atoms with van der Waals surface area (Å²) in [7, 11) is -3.36. The van der Waals surface area contributed by atoms with E-state index in [1.807, 2.05) is 0 Å². The van der Waals surface area contributed by atoms with Crippen molar-refractivity contribution in [2.75, 3.05) is 11.1 Å². The molecule has 2 saturated carbocycles. The van der Waals surface area contributed by atoms with Crippen LogP contribution in [-0.2, 0) is 14.6 Å². The zero-order chi connectivity index (χ0) is 16.6. The molecular weight excluding hydrogens is 314 g/mol. The van der Waals surface area contributed by atoms with Gasteiger partial charge >= 0.3 is 0 Å². The van der Waals surface area contributed by atoms with Crippen molar-refractivity contribution in [2.24, 2.45) is 17.8 Å². The summed E-state index contributed by atoms with van der Waals surface area (Å²) in [6.07, 6.45) is 5.33. The number of phenols is 1. The second kappa shape index (κ2) is 6.15. The number of phenolic OH excluding ortho intramolecular Hbond substituents is 1. The SMILES string of the molecule is CCS(=O)(=O)c1ccc(O)c(NC(=O)C[C@@H]2C[C@H]3CC[C@@H]2C3)c1. The van der Waals surface area contributed by atoms with E-state index in [1.54, 1.807) is 6.92 Å². The zero-order valence-corrected chi connectivity index (χ0v) is 14.1. The van der Waals surface area contributed by atoms with Gasteiger partial charge in [-0.1, -0.05) is 13.3 Å². The molecule has 2 aliphatic rings. The molecule has 0 unspecified atom stereocenters. The Labute approximate surface area is 137 Å². The first-order chi connectivity index (χ1) is 10.9. The van der Waals surface area contributed by atoms with Crippen LogP contribution < -0.4 is 5.32 Å². The van der Waals surface area contributed by atoms with Crippen LogP contribution in [0.25, 0.3) is 0 Å². The van der Waals surface area contributed by atoms with E-state index in [0.717, 1.165) is 12.3 Å². The van der Waals surface area contributed by atoms with Gasteiger partial charge in [-0.3, -0.25) is 4.79 Å². The zero-order valence-electron chi connectivity index (χ0n) is 13.3. The summed E-state index contributed by atoms with van der Waals surface area (Å²) in [5.41, 5.74) is 0.174. The number of benzene rings is 1. The third-order valence-electron chi connectivity index (χ3n) is 5.31. The van der Waals surface area contributed by atoms with Gasteiger partial charge in [0.2, 0.25) is 5.91 Å². The normalized spacial score (nSPS) is 26.4. The molecule has 1 aromatic rings. The third kappa shape index (κ3) is 3.37. The van der Waals surface area contributed by atoms with E-state index in [0.29, 0.717) is 18.3 Å². The molecule has 2 aliphatic carbocycles. The van der Waals surface area contributed by atoms with Crippen LogP contribution in [0.1, 0.15) is 39.0 Å². The molecule has 3 atom stereocenters. The molecule has 0 saturated heterocycles. The number of carbonyl (C=O) groups excluding carboxylic acids is 1. The number of amides is 1. The number of hydrogen-bond acceptors (Lipinski definition) is 4. The summed E-state index contributed by atoms with van der Waals surface area (Å²) >= 11 is 0. The van der Waals surface area contributed by atoms with Crippen molar-refractivity contribution in [3.05, 3.63) is 18.2 Å². The predicted octanol–water partition coefficient (Wildman–Crippen LogP) is 2.95. The van der Waals surface area contributed by atoms with E-state index >= 15 is 0 Å². The predicted molar refractivity (Wildman–Crippen MR) is 88.0 cm³/mol. The lowest BCUT2D eigenvalue weighted by atomic mass is 9.86. The van der Waals surface area contributed by atoms with Crippen LogP contribution in [0.15, 0.2) is 23.1 Å². The number of fused-ring (bicyclic) bond motifs is 2. The Morgan fingerprint density at radius 3 is 2.70 bits per heavy atom. The first kappa shape index (κ1) is 16.3. The van der Waals surface area contributed by atoms with Crippen LogP contribution >= 0.6 is 0 Å². The highest BCUT2D eigenvalue weighted by molar-refractivity contribution is 7.91. The Hall–Kier alpha value is -1.56.